The molecule has 0 aliphatic rings. The van der Waals surface area contributed by atoms with Gasteiger partial charge in [-0.2, -0.15) is 0 Å². The Morgan fingerprint density at radius 1 is 1.67 bits per heavy atom. The van der Waals surface area contributed by atoms with E-state index in [0.717, 1.165) is 0 Å². The van der Waals surface area contributed by atoms with Crippen LogP contribution < -0.4 is 5.32 Å². The maximum Gasteiger partial charge on any atom is 0.305 e. The van der Waals surface area contributed by atoms with Crippen LogP contribution in [0.2, 0.25) is 0 Å². The molecule has 0 bridgehead atoms. The number of aromatic nitrogens is 1. The van der Waals surface area contributed by atoms with Crippen molar-refractivity contribution in [1.29, 1.82) is 0 Å². The highest BCUT2D eigenvalue weighted by Gasteiger charge is 2.16. The van der Waals surface area contributed by atoms with Crippen LogP contribution in [-0.4, -0.2) is 28.2 Å². The zero-order valence-electron chi connectivity index (χ0n) is 8.27. The number of aliphatic carboxylic acids is 1. The quantitative estimate of drug-likeness (QED) is 0.747. The third-order valence-corrected chi connectivity index (χ3v) is 1.92. The highest BCUT2D eigenvalue weighted by atomic mass is 16.5. The number of carbonyl (C=O) groups is 2. The van der Waals surface area contributed by atoms with Gasteiger partial charge in [-0.25, -0.2) is 0 Å². The van der Waals surface area contributed by atoms with E-state index >= 15 is 0 Å². The van der Waals surface area contributed by atoms with Gasteiger partial charge >= 0.3 is 5.97 Å². The number of hydrogen-bond acceptors (Lipinski definition) is 4. The van der Waals surface area contributed by atoms with Gasteiger partial charge in [0.15, 0.2) is 5.69 Å². The van der Waals surface area contributed by atoms with Crippen LogP contribution in [0.5, 0.6) is 0 Å². The normalized spacial score (nSPS) is 12.1. The van der Waals surface area contributed by atoms with E-state index in [1.54, 1.807) is 6.92 Å². The molecule has 6 nitrogen and oxygen atoms in total. The summed E-state index contributed by atoms with van der Waals surface area (Å²) in [6, 6.07) is 1.04. The molecule has 6 heteroatoms. The van der Waals surface area contributed by atoms with Gasteiger partial charge in [0.05, 0.1) is 6.42 Å². The lowest BCUT2D eigenvalue weighted by Gasteiger charge is -2.13. The van der Waals surface area contributed by atoms with E-state index < -0.39 is 11.9 Å². The second-order valence-electron chi connectivity index (χ2n) is 3.06. The number of hydrogen-bond donors (Lipinski definition) is 2. The van der Waals surface area contributed by atoms with Gasteiger partial charge in [-0.1, -0.05) is 12.1 Å². The first-order valence-corrected chi connectivity index (χ1v) is 4.56. The van der Waals surface area contributed by atoms with Gasteiger partial charge in [0.2, 0.25) is 0 Å². The fraction of sp³-hybridized carbons (Fsp3) is 0.444. The highest BCUT2D eigenvalue weighted by molar-refractivity contribution is 5.92. The van der Waals surface area contributed by atoms with E-state index in [0.29, 0.717) is 6.42 Å². The summed E-state index contributed by atoms with van der Waals surface area (Å²) in [5, 5.41) is 14.6. The van der Waals surface area contributed by atoms with Crippen LogP contribution in [0.15, 0.2) is 16.9 Å². The molecular weight excluding hydrogens is 200 g/mol. The Hall–Kier alpha value is -1.85. The number of nitrogens with one attached hydrogen (secondary N) is 1. The van der Waals surface area contributed by atoms with Crippen LogP contribution in [-0.2, 0) is 4.79 Å². The van der Waals surface area contributed by atoms with Crippen molar-refractivity contribution < 1.29 is 19.2 Å². The molecule has 1 amide bonds. The fourth-order valence-corrected chi connectivity index (χ4v) is 1.10. The predicted molar refractivity (Wildman–Crippen MR) is 50.3 cm³/mol. The molecule has 2 N–H and O–H groups in total. The summed E-state index contributed by atoms with van der Waals surface area (Å²) in [6.07, 6.45) is 1.74. The largest absolute Gasteiger partial charge is 0.481 e. The number of nitrogens with zero attached hydrogens (tertiary/aromatic N) is 1. The van der Waals surface area contributed by atoms with Gasteiger partial charge in [0.25, 0.3) is 5.91 Å². The fourth-order valence-electron chi connectivity index (χ4n) is 1.10. The first-order valence-electron chi connectivity index (χ1n) is 4.56. The minimum Gasteiger partial charge on any atom is -0.481 e. The minimum absolute atomic E-state index is 0.0971. The second kappa shape index (κ2) is 5.14. The van der Waals surface area contributed by atoms with Crippen LogP contribution in [0.3, 0.4) is 0 Å². The van der Waals surface area contributed by atoms with Crippen LogP contribution in [0.4, 0.5) is 0 Å². The van der Waals surface area contributed by atoms with Crippen LogP contribution in [0.25, 0.3) is 0 Å². The van der Waals surface area contributed by atoms with Crippen molar-refractivity contribution in [3.63, 3.8) is 0 Å². The monoisotopic (exact) mass is 212 g/mol. The Kier molecular flexibility index (Phi) is 3.84. The molecule has 0 saturated carbocycles. The Morgan fingerprint density at radius 2 is 2.40 bits per heavy atom. The average molecular weight is 212 g/mol. The molecule has 82 valence electrons. The van der Waals surface area contributed by atoms with Crippen molar-refractivity contribution in [2.75, 3.05) is 0 Å². The SMILES string of the molecule is CCC(CC(=O)O)NC(=O)c1ccon1. The van der Waals surface area contributed by atoms with Crippen molar-refractivity contribution in [2.45, 2.75) is 25.8 Å². The molecule has 1 aromatic rings. The maximum absolute atomic E-state index is 11.4. The smallest absolute Gasteiger partial charge is 0.305 e. The van der Waals surface area contributed by atoms with Crippen LogP contribution >= 0.6 is 0 Å². The van der Waals surface area contributed by atoms with Crippen molar-refractivity contribution >= 4 is 11.9 Å². The lowest BCUT2D eigenvalue weighted by molar-refractivity contribution is -0.137. The van der Waals surface area contributed by atoms with Gasteiger partial charge < -0.3 is 14.9 Å². The summed E-state index contributed by atoms with van der Waals surface area (Å²) in [6.45, 7) is 1.80. The van der Waals surface area contributed by atoms with E-state index in [4.69, 9.17) is 5.11 Å². The first kappa shape index (κ1) is 11.2. The van der Waals surface area contributed by atoms with Crippen molar-refractivity contribution in [3.8, 4) is 0 Å². The molecular formula is C9H12N2O4. The molecule has 1 unspecified atom stereocenters. The second-order valence-corrected chi connectivity index (χ2v) is 3.06. The molecule has 0 radical (unpaired) electrons. The van der Waals surface area contributed by atoms with Gasteiger partial charge in [0, 0.05) is 12.1 Å². The molecule has 0 saturated heterocycles. The number of carboxylic acids is 1. The Balaban J connectivity index is 2.52. The van der Waals surface area contributed by atoms with Crippen LogP contribution in [0, 0.1) is 0 Å². The third kappa shape index (κ3) is 3.41. The Morgan fingerprint density at radius 3 is 2.87 bits per heavy atom. The summed E-state index contributed by atoms with van der Waals surface area (Å²) in [5.41, 5.74) is 0.152. The molecule has 1 rings (SSSR count). The molecule has 0 aromatic carbocycles. The lowest BCUT2D eigenvalue weighted by atomic mass is 10.1. The van der Waals surface area contributed by atoms with Gasteiger partial charge in [-0.05, 0) is 6.42 Å². The summed E-state index contributed by atoms with van der Waals surface area (Å²) in [4.78, 5) is 21.9. The van der Waals surface area contributed by atoms with Crippen molar-refractivity contribution in [2.24, 2.45) is 0 Å². The zero-order chi connectivity index (χ0) is 11.3. The summed E-state index contributed by atoms with van der Waals surface area (Å²) in [7, 11) is 0. The predicted octanol–water partition coefficient (Wildman–Crippen LogP) is 0.658. The van der Waals surface area contributed by atoms with Gasteiger partial charge in [-0.3, -0.25) is 9.59 Å². The van der Waals surface area contributed by atoms with Crippen LogP contribution in [0.1, 0.15) is 30.3 Å². The average Bonchev–Trinajstić information content (AvgIpc) is 2.68. The van der Waals surface area contributed by atoms with E-state index in [2.05, 4.69) is 15.0 Å². The number of amides is 1. The van der Waals surface area contributed by atoms with Gasteiger partial charge in [-0.15, -0.1) is 0 Å². The number of rotatable bonds is 5. The molecule has 0 spiro atoms. The van der Waals surface area contributed by atoms with E-state index in [9.17, 15) is 9.59 Å². The van der Waals surface area contributed by atoms with E-state index in [-0.39, 0.29) is 18.2 Å². The molecule has 15 heavy (non-hydrogen) atoms. The van der Waals surface area contributed by atoms with Crippen molar-refractivity contribution in [1.82, 2.24) is 10.5 Å². The third-order valence-electron chi connectivity index (χ3n) is 1.92. The Labute approximate surface area is 86.3 Å². The number of carboxylic acid groups (broad SMARTS) is 1. The topological polar surface area (TPSA) is 92.4 Å². The summed E-state index contributed by atoms with van der Waals surface area (Å²) < 4.78 is 4.50. The lowest BCUT2D eigenvalue weighted by Crippen LogP contribution is -2.36. The number of carbonyl (C=O) groups excluding carboxylic acids is 1. The summed E-state index contributed by atoms with van der Waals surface area (Å²) >= 11 is 0. The summed E-state index contributed by atoms with van der Waals surface area (Å²) in [5.74, 6) is -1.36. The standard InChI is InChI=1S/C9H12N2O4/c1-2-6(5-8(12)13)10-9(14)7-3-4-15-11-7/h3-4,6H,2,5H2,1H3,(H,10,14)(H,12,13). The highest BCUT2D eigenvalue weighted by Crippen LogP contribution is 2.01. The van der Waals surface area contributed by atoms with E-state index in [1.165, 1.54) is 12.3 Å². The van der Waals surface area contributed by atoms with Crippen molar-refractivity contribution in [3.05, 3.63) is 18.0 Å². The first-order chi connectivity index (χ1) is 7.13. The minimum atomic E-state index is -0.942. The molecule has 1 aromatic heterocycles. The molecule has 0 aliphatic heterocycles. The molecule has 1 heterocycles. The van der Waals surface area contributed by atoms with Gasteiger partial charge in [0.1, 0.15) is 6.26 Å². The maximum atomic E-state index is 11.4. The Bertz CT molecular complexity index is 334. The molecule has 1 atom stereocenters. The molecule has 0 aliphatic carbocycles. The zero-order valence-corrected chi connectivity index (χ0v) is 8.27. The molecule has 0 fully saturated rings. The van der Waals surface area contributed by atoms with E-state index in [1.807, 2.05) is 0 Å².